The van der Waals surface area contributed by atoms with E-state index in [1.807, 2.05) is 30.3 Å². The summed E-state index contributed by atoms with van der Waals surface area (Å²) >= 11 is 0. The highest BCUT2D eigenvalue weighted by atomic mass is 16.3. The van der Waals surface area contributed by atoms with Gasteiger partial charge in [-0.25, -0.2) is 4.79 Å². The second-order valence-corrected chi connectivity index (χ2v) is 4.90. The highest BCUT2D eigenvalue weighted by molar-refractivity contribution is 5.30. The topological polar surface area (TPSA) is 75.1 Å². The molecule has 0 aliphatic heterocycles. The Morgan fingerprint density at radius 3 is 2.63 bits per heavy atom. The summed E-state index contributed by atoms with van der Waals surface area (Å²) in [6.45, 7) is 1.50. The maximum absolute atomic E-state index is 11.8. The van der Waals surface area contributed by atoms with Gasteiger partial charge in [-0.15, -0.1) is 0 Å². The van der Waals surface area contributed by atoms with E-state index in [0.717, 1.165) is 12.0 Å². The molecule has 1 aromatic heterocycles. The Hall–Kier alpha value is -2.30. The maximum atomic E-state index is 11.8. The highest BCUT2D eigenvalue weighted by Crippen LogP contribution is 2.51. The van der Waals surface area contributed by atoms with Crippen molar-refractivity contribution >= 4 is 0 Å². The van der Waals surface area contributed by atoms with Gasteiger partial charge < -0.3 is 5.11 Å². The van der Waals surface area contributed by atoms with Crippen molar-refractivity contribution in [1.29, 1.82) is 0 Å². The molecule has 0 saturated heterocycles. The lowest BCUT2D eigenvalue weighted by Crippen LogP contribution is -2.31. The lowest BCUT2D eigenvalue weighted by molar-refractivity contribution is 0.395. The number of nitrogens with one attached hydrogen (secondary N) is 1. The molecule has 19 heavy (non-hydrogen) atoms. The Morgan fingerprint density at radius 2 is 1.95 bits per heavy atom. The van der Waals surface area contributed by atoms with Crippen molar-refractivity contribution in [2.24, 2.45) is 0 Å². The van der Waals surface area contributed by atoms with E-state index in [0.29, 0.717) is 0 Å². The summed E-state index contributed by atoms with van der Waals surface area (Å²) in [6.07, 6.45) is 0.795. The van der Waals surface area contributed by atoms with Gasteiger partial charge in [-0.1, -0.05) is 30.3 Å². The van der Waals surface area contributed by atoms with Gasteiger partial charge in [-0.2, -0.15) is 0 Å². The van der Waals surface area contributed by atoms with Crippen LogP contribution in [0.2, 0.25) is 0 Å². The average Bonchev–Trinajstić information content (AvgIpc) is 3.17. The maximum Gasteiger partial charge on any atom is 0.331 e. The zero-order valence-electron chi connectivity index (χ0n) is 10.5. The summed E-state index contributed by atoms with van der Waals surface area (Å²) in [6, 6.07) is 9.77. The van der Waals surface area contributed by atoms with Crippen molar-refractivity contribution in [2.75, 3.05) is 0 Å². The molecule has 1 heterocycles. The van der Waals surface area contributed by atoms with Crippen LogP contribution in [0.1, 0.15) is 29.5 Å². The molecule has 3 rings (SSSR count). The third-order valence-electron chi connectivity index (χ3n) is 3.66. The molecule has 2 aromatic rings. The Morgan fingerprint density at radius 1 is 1.26 bits per heavy atom. The molecular formula is C14H14N2O3. The molecule has 0 bridgehead atoms. The Bertz CT molecular complexity index is 731. The van der Waals surface area contributed by atoms with Gasteiger partial charge in [0.05, 0.1) is 5.56 Å². The first kappa shape index (κ1) is 11.8. The van der Waals surface area contributed by atoms with Crippen LogP contribution in [0.4, 0.5) is 0 Å². The molecule has 2 atom stereocenters. The predicted octanol–water partition coefficient (Wildman–Crippen LogP) is 1.28. The number of benzene rings is 1. The summed E-state index contributed by atoms with van der Waals surface area (Å²) in [5, 5.41) is 9.98. The number of nitrogens with zero attached hydrogens (tertiary/aromatic N) is 1. The number of hydrogen-bond acceptors (Lipinski definition) is 3. The summed E-state index contributed by atoms with van der Waals surface area (Å²) in [7, 11) is 0. The van der Waals surface area contributed by atoms with Crippen LogP contribution in [-0.2, 0) is 0 Å². The fraction of sp³-hybridized carbons (Fsp3) is 0.286. The molecule has 0 amide bonds. The van der Waals surface area contributed by atoms with Gasteiger partial charge in [0.1, 0.15) is 0 Å². The van der Waals surface area contributed by atoms with Crippen molar-refractivity contribution < 1.29 is 5.11 Å². The van der Waals surface area contributed by atoms with E-state index in [1.165, 1.54) is 11.5 Å². The standard InChI is InChI=1S/C14H14N2O3/c1-8-12(17)15-14(19)16(13(8)18)11-7-10(11)9-5-3-2-4-6-9/h2-6,10-11,18H,7H2,1H3,(H,15,17,19). The largest absolute Gasteiger partial charge is 0.494 e. The van der Waals surface area contributed by atoms with E-state index in [4.69, 9.17) is 0 Å². The first-order chi connectivity index (χ1) is 9.09. The van der Waals surface area contributed by atoms with Crippen LogP contribution >= 0.6 is 0 Å². The molecule has 1 aliphatic carbocycles. The van der Waals surface area contributed by atoms with E-state index in [9.17, 15) is 14.7 Å². The Kier molecular flexibility index (Phi) is 2.55. The zero-order chi connectivity index (χ0) is 13.6. The molecule has 1 fully saturated rings. The smallest absolute Gasteiger partial charge is 0.331 e. The number of aromatic amines is 1. The van der Waals surface area contributed by atoms with Crippen LogP contribution < -0.4 is 11.2 Å². The minimum Gasteiger partial charge on any atom is -0.494 e. The molecule has 1 aliphatic rings. The second-order valence-electron chi connectivity index (χ2n) is 4.90. The quantitative estimate of drug-likeness (QED) is 0.852. The van der Waals surface area contributed by atoms with Gasteiger partial charge in [0.25, 0.3) is 5.56 Å². The SMILES string of the molecule is Cc1c(O)n(C2CC2c2ccccc2)c(=O)[nH]c1=O. The van der Waals surface area contributed by atoms with Crippen LogP contribution in [0.25, 0.3) is 0 Å². The fourth-order valence-electron chi connectivity index (χ4n) is 2.46. The minimum atomic E-state index is -0.545. The third kappa shape index (κ3) is 1.87. The molecule has 1 saturated carbocycles. The van der Waals surface area contributed by atoms with Crippen molar-refractivity contribution in [3.8, 4) is 5.88 Å². The lowest BCUT2D eigenvalue weighted by atomic mass is 10.1. The monoisotopic (exact) mass is 258 g/mol. The van der Waals surface area contributed by atoms with E-state index >= 15 is 0 Å². The van der Waals surface area contributed by atoms with E-state index in [2.05, 4.69) is 4.98 Å². The predicted molar refractivity (Wildman–Crippen MR) is 70.6 cm³/mol. The molecule has 2 N–H and O–H groups in total. The van der Waals surface area contributed by atoms with Crippen LogP contribution in [0.3, 0.4) is 0 Å². The van der Waals surface area contributed by atoms with Crippen molar-refractivity contribution in [2.45, 2.75) is 25.3 Å². The Labute approximate surface area is 109 Å². The first-order valence-corrected chi connectivity index (χ1v) is 6.19. The molecule has 5 heteroatoms. The number of aromatic hydroxyl groups is 1. The first-order valence-electron chi connectivity index (χ1n) is 6.19. The van der Waals surface area contributed by atoms with Gasteiger partial charge in [0.2, 0.25) is 5.88 Å². The van der Waals surface area contributed by atoms with Gasteiger partial charge in [-0.3, -0.25) is 14.3 Å². The van der Waals surface area contributed by atoms with Crippen LogP contribution in [0.15, 0.2) is 39.9 Å². The average molecular weight is 258 g/mol. The van der Waals surface area contributed by atoms with Gasteiger partial charge in [0.15, 0.2) is 0 Å². The van der Waals surface area contributed by atoms with E-state index < -0.39 is 11.2 Å². The summed E-state index contributed by atoms with van der Waals surface area (Å²) in [5.74, 6) is -0.00715. The van der Waals surface area contributed by atoms with Crippen molar-refractivity contribution in [1.82, 2.24) is 9.55 Å². The van der Waals surface area contributed by atoms with Gasteiger partial charge >= 0.3 is 5.69 Å². The molecular weight excluding hydrogens is 244 g/mol. The highest BCUT2D eigenvalue weighted by Gasteiger charge is 2.42. The summed E-state index contributed by atoms with van der Waals surface area (Å²) < 4.78 is 1.29. The van der Waals surface area contributed by atoms with Gasteiger partial charge in [-0.05, 0) is 18.9 Å². The molecule has 5 nitrogen and oxygen atoms in total. The van der Waals surface area contributed by atoms with Crippen LogP contribution in [0.5, 0.6) is 5.88 Å². The minimum absolute atomic E-state index is 0.0783. The number of H-pyrrole nitrogens is 1. The normalized spacial score (nSPS) is 21.3. The van der Waals surface area contributed by atoms with E-state index in [-0.39, 0.29) is 23.4 Å². The molecule has 1 aromatic carbocycles. The van der Waals surface area contributed by atoms with Gasteiger partial charge in [0, 0.05) is 12.0 Å². The van der Waals surface area contributed by atoms with Crippen molar-refractivity contribution in [3.63, 3.8) is 0 Å². The zero-order valence-corrected chi connectivity index (χ0v) is 10.5. The van der Waals surface area contributed by atoms with Crippen LogP contribution in [-0.4, -0.2) is 14.7 Å². The Balaban J connectivity index is 2.01. The number of hydrogen-bond donors (Lipinski definition) is 2. The second kappa shape index (κ2) is 4.12. The fourth-order valence-corrected chi connectivity index (χ4v) is 2.46. The molecule has 0 radical (unpaired) electrons. The lowest BCUT2D eigenvalue weighted by Gasteiger charge is -2.09. The molecule has 98 valence electrons. The number of rotatable bonds is 2. The summed E-state index contributed by atoms with van der Waals surface area (Å²) in [5.41, 5.74) is 0.244. The number of aromatic nitrogens is 2. The molecule has 2 unspecified atom stereocenters. The van der Waals surface area contributed by atoms with Crippen LogP contribution in [0, 0.1) is 6.92 Å². The van der Waals surface area contributed by atoms with E-state index in [1.54, 1.807) is 0 Å². The summed E-state index contributed by atoms with van der Waals surface area (Å²) in [4.78, 5) is 25.4. The third-order valence-corrected chi connectivity index (χ3v) is 3.66. The molecule has 0 spiro atoms. The van der Waals surface area contributed by atoms with Crippen molar-refractivity contribution in [3.05, 3.63) is 62.3 Å².